The van der Waals surface area contributed by atoms with Crippen molar-refractivity contribution in [2.75, 3.05) is 0 Å². The van der Waals surface area contributed by atoms with E-state index >= 15 is 0 Å². The maximum absolute atomic E-state index is 9.08. The van der Waals surface area contributed by atoms with E-state index in [0.29, 0.717) is 5.82 Å². The minimum atomic E-state index is -0.0446. The molecule has 0 fully saturated rings. The molecule has 2 unspecified atom stereocenters. The van der Waals surface area contributed by atoms with Gasteiger partial charge in [0.05, 0.1) is 9.83 Å². The molecule has 0 saturated carbocycles. The Morgan fingerprint density at radius 1 is 1.61 bits per heavy atom. The molecule has 0 aliphatic heterocycles. The number of nitrogens with two attached hydrogens (primary N) is 1. The molecule has 2 rings (SSSR count). The van der Waals surface area contributed by atoms with E-state index in [0.717, 1.165) is 15.1 Å². The zero-order valence-corrected chi connectivity index (χ0v) is 12.3. The van der Waals surface area contributed by atoms with Gasteiger partial charge in [0.2, 0.25) is 5.82 Å². The van der Waals surface area contributed by atoms with Gasteiger partial charge in [0.25, 0.3) is 0 Å². The summed E-state index contributed by atoms with van der Waals surface area (Å²) in [6.45, 7) is 2.04. The molecule has 0 aliphatic rings. The lowest BCUT2D eigenvalue weighted by molar-refractivity contribution is 0.461. The topological polar surface area (TPSA) is 67.6 Å². The lowest BCUT2D eigenvalue weighted by Gasteiger charge is -2.23. The number of nitriles is 1. The summed E-state index contributed by atoms with van der Waals surface area (Å²) >= 11 is 5.09. The number of hydrogen-bond donors (Lipinski definition) is 1. The van der Waals surface area contributed by atoms with Crippen molar-refractivity contribution in [3.63, 3.8) is 0 Å². The number of hydrogen-bond acceptors (Lipinski definition) is 4. The second-order valence-corrected chi connectivity index (χ2v) is 6.42. The summed E-state index contributed by atoms with van der Waals surface area (Å²) in [4.78, 5) is 5.17. The van der Waals surface area contributed by atoms with E-state index in [1.54, 1.807) is 17.5 Å². The molecule has 2 heterocycles. The molecule has 0 saturated heterocycles. The number of aromatic nitrogens is 2. The van der Waals surface area contributed by atoms with Crippen LogP contribution in [0, 0.1) is 11.3 Å². The molecule has 0 spiro atoms. The number of nitrogens with zero attached hydrogens (tertiary/aromatic N) is 3. The van der Waals surface area contributed by atoms with E-state index in [9.17, 15) is 0 Å². The first-order valence-electron chi connectivity index (χ1n) is 5.61. The quantitative estimate of drug-likeness (QED) is 0.940. The highest BCUT2D eigenvalue weighted by molar-refractivity contribution is 9.11. The lowest BCUT2D eigenvalue weighted by Crippen LogP contribution is -2.32. The third-order valence-electron chi connectivity index (χ3n) is 2.83. The van der Waals surface area contributed by atoms with Gasteiger partial charge in [-0.3, -0.25) is 0 Å². The first-order valence-corrected chi connectivity index (χ1v) is 7.22. The van der Waals surface area contributed by atoms with Crippen LogP contribution in [0.25, 0.3) is 0 Å². The Bertz CT molecular complexity index is 569. The molecule has 2 atom stereocenters. The van der Waals surface area contributed by atoms with Crippen molar-refractivity contribution in [1.82, 2.24) is 9.55 Å². The van der Waals surface area contributed by atoms with Gasteiger partial charge in [0.15, 0.2) is 0 Å². The fraction of sp³-hybridized carbons (Fsp3) is 0.333. The van der Waals surface area contributed by atoms with Crippen molar-refractivity contribution in [2.24, 2.45) is 5.73 Å². The van der Waals surface area contributed by atoms with Crippen LogP contribution in [0.1, 0.15) is 30.1 Å². The third kappa shape index (κ3) is 2.48. The number of rotatable bonds is 4. The van der Waals surface area contributed by atoms with Gasteiger partial charge in [-0.1, -0.05) is 6.92 Å². The van der Waals surface area contributed by atoms with Crippen LogP contribution in [0.5, 0.6) is 0 Å². The number of thiophene rings is 1. The average Bonchev–Trinajstić information content (AvgIpc) is 2.99. The van der Waals surface area contributed by atoms with Crippen LogP contribution in [-0.4, -0.2) is 15.6 Å². The molecule has 0 aromatic carbocycles. The predicted octanol–water partition coefficient (Wildman–Crippen LogP) is 2.91. The molecule has 2 aromatic rings. The summed E-state index contributed by atoms with van der Waals surface area (Å²) in [7, 11) is 0. The van der Waals surface area contributed by atoms with Crippen molar-refractivity contribution in [3.8, 4) is 6.07 Å². The van der Waals surface area contributed by atoms with Crippen LogP contribution in [0.2, 0.25) is 0 Å². The van der Waals surface area contributed by atoms with Crippen molar-refractivity contribution in [3.05, 3.63) is 39.0 Å². The molecule has 18 heavy (non-hydrogen) atoms. The molecule has 0 radical (unpaired) electrons. The highest BCUT2D eigenvalue weighted by atomic mass is 79.9. The van der Waals surface area contributed by atoms with Gasteiger partial charge in [0, 0.05) is 23.3 Å². The molecule has 2 aromatic heterocycles. The van der Waals surface area contributed by atoms with Crippen LogP contribution in [0.15, 0.2) is 28.3 Å². The molecular weight excluding hydrogens is 312 g/mol. The summed E-state index contributed by atoms with van der Waals surface area (Å²) in [6, 6.07) is 6.05. The molecule has 2 N–H and O–H groups in total. The van der Waals surface area contributed by atoms with Gasteiger partial charge in [-0.2, -0.15) is 5.26 Å². The molecule has 0 aliphatic carbocycles. The summed E-state index contributed by atoms with van der Waals surface area (Å²) in [6.07, 6.45) is 4.28. The summed E-state index contributed by atoms with van der Waals surface area (Å²) < 4.78 is 2.91. The maximum atomic E-state index is 9.08. The Kier molecular flexibility index (Phi) is 4.17. The lowest BCUT2D eigenvalue weighted by atomic mass is 10.0. The molecular formula is C12H13BrN4S. The Balaban J connectivity index is 2.47. The molecule has 6 heteroatoms. The van der Waals surface area contributed by atoms with E-state index in [1.165, 1.54) is 0 Å². The third-order valence-corrected chi connectivity index (χ3v) is 4.53. The van der Waals surface area contributed by atoms with Crippen LogP contribution < -0.4 is 5.73 Å². The summed E-state index contributed by atoms with van der Waals surface area (Å²) in [5.41, 5.74) is 6.21. The smallest absolute Gasteiger partial charge is 0.213 e. The molecule has 0 amide bonds. The van der Waals surface area contributed by atoms with Gasteiger partial charge in [-0.25, -0.2) is 4.98 Å². The Hall–Kier alpha value is -1.16. The zero-order valence-electron chi connectivity index (χ0n) is 9.88. The van der Waals surface area contributed by atoms with Crippen LogP contribution in [0.4, 0.5) is 0 Å². The second-order valence-electron chi connectivity index (χ2n) is 3.93. The minimum Gasteiger partial charge on any atom is -0.326 e. The maximum Gasteiger partial charge on any atom is 0.213 e. The van der Waals surface area contributed by atoms with Gasteiger partial charge in [0.1, 0.15) is 6.07 Å². The largest absolute Gasteiger partial charge is 0.326 e. The first-order chi connectivity index (χ1) is 8.67. The average molecular weight is 325 g/mol. The second kappa shape index (κ2) is 5.65. The van der Waals surface area contributed by atoms with E-state index in [4.69, 9.17) is 11.0 Å². The normalized spacial score (nSPS) is 14.1. The highest BCUT2D eigenvalue weighted by Gasteiger charge is 2.24. The molecule has 4 nitrogen and oxygen atoms in total. The predicted molar refractivity (Wildman–Crippen MR) is 75.4 cm³/mol. The zero-order chi connectivity index (χ0) is 13.1. The van der Waals surface area contributed by atoms with Gasteiger partial charge in [-0.05, 0) is 34.5 Å². The van der Waals surface area contributed by atoms with E-state index in [-0.39, 0.29) is 12.1 Å². The number of halogens is 1. The van der Waals surface area contributed by atoms with Gasteiger partial charge < -0.3 is 10.3 Å². The molecule has 94 valence electrons. The Labute approximate surface area is 118 Å². The fourth-order valence-electron chi connectivity index (χ4n) is 1.89. The summed E-state index contributed by atoms with van der Waals surface area (Å²) in [5, 5.41) is 9.08. The van der Waals surface area contributed by atoms with Gasteiger partial charge in [-0.15, -0.1) is 11.3 Å². The first kappa shape index (κ1) is 13.3. The van der Waals surface area contributed by atoms with Crippen molar-refractivity contribution in [1.29, 1.82) is 5.26 Å². The number of imidazole rings is 1. The monoisotopic (exact) mass is 324 g/mol. The van der Waals surface area contributed by atoms with Crippen molar-refractivity contribution in [2.45, 2.75) is 25.4 Å². The van der Waals surface area contributed by atoms with Crippen molar-refractivity contribution >= 4 is 27.3 Å². The van der Waals surface area contributed by atoms with Gasteiger partial charge >= 0.3 is 0 Å². The SMILES string of the molecule is CCC(N)C(c1ccc(Br)s1)n1ccnc1C#N. The molecule has 0 bridgehead atoms. The fourth-order valence-corrected chi connectivity index (χ4v) is 3.49. The summed E-state index contributed by atoms with van der Waals surface area (Å²) in [5.74, 6) is 0.397. The van der Waals surface area contributed by atoms with Crippen LogP contribution in [0.3, 0.4) is 0 Å². The van der Waals surface area contributed by atoms with E-state index < -0.39 is 0 Å². The van der Waals surface area contributed by atoms with Crippen LogP contribution >= 0.6 is 27.3 Å². The van der Waals surface area contributed by atoms with Crippen LogP contribution in [-0.2, 0) is 0 Å². The minimum absolute atomic E-state index is 0.0385. The Morgan fingerprint density at radius 2 is 2.39 bits per heavy atom. The van der Waals surface area contributed by atoms with Crippen molar-refractivity contribution < 1.29 is 0 Å². The standard InChI is InChI=1S/C12H13BrN4S/c1-2-8(15)12(9-3-4-10(13)18-9)17-6-5-16-11(17)7-14/h3-6,8,12H,2,15H2,1H3. The Morgan fingerprint density at radius 3 is 2.94 bits per heavy atom. The van der Waals surface area contributed by atoms with E-state index in [1.807, 2.05) is 29.8 Å². The van der Waals surface area contributed by atoms with E-state index in [2.05, 4.69) is 27.0 Å². The highest BCUT2D eigenvalue weighted by Crippen LogP contribution is 2.32.